The molecule has 0 aliphatic rings. The maximum atomic E-state index is 12.8. The van der Waals surface area contributed by atoms with Crippen molar-refractivity contribution in [3.63, 3.8) is 0 Å². The molecule has 0 spiro atoms. The lowest BCUT2D eigenvalue weighted by Crippen LogP contribution is -2.48. The first-order chi connectivity index (χ1) is 17.7. The van der Waals surface area contributed by atoms with Gasteiger partial charge in [0.15, 0.2) is 0 Å². The van der Waals surface area contributed by atoms with E-state index in [0.717, 1.165) is 23.5 Å². The molecule has 0 unspecified atom stereocenters. The van der Waals surface area contributed by atoms with Gasteiger partial charge >= 0.3 is 12.1 Å². The number of aliphatic hydroxyl groups is 5. The van der Waals surface area contributed by atoms with Crippen LogP contribution >= 0.6 is 11.3 Å². The Balaban J connectivity index is 0.000000332. The van der Waals surface area contributed by atoms with Crippen molar-refractivity contribution < 1.29 is 48.6 Å². The van der Waals surface area contributed by atoms with Crippen molar-refractivity contribution in [2.75, 3.05) is 20.2 Å². The highest BCUT2D eigenvalue weighted by Crippen LogP contribution is 2.30. The summed E-state index contributed by atoms with van der Waals surface area (Å²) in [4.78, 5) is 30.4. The van der Waals surface area contributed by atoms with Crippen LogP contribution in [0.5, 0.6) is 0 Å². The van der Waals surface area contributed by atoms with E-state index in [0.29, 0.717) is 11.1 Å². The number of alkyl halides is 3. The number of nitrogens with zero attached hydrogens (tertiary/aromatic N) is 1. The number of hydrogen-bond acceptors (Lipinski definition) is 10. The number of carbonyl (C=O) groups is 1. The first-order valence-corrected chi connectivity index (χ1v) is 11.9. The van der Waals surface area contributed by atoms with Gasteiger partial charge in [-0.3, -0.25) is 4.79 Å². The number of hydrogen-bond donors (Lipinski definition) is 8. The number of carboxylic acids is 1. The second-order valence-electron chi connectivity index (χ2n) is 8.29. The van der Waals surface area contributed by atoms with Crippen molar-refractivity contribution in [1.29, 1.82) is 0 Å². The molecule has 11 nitrogen and oxygen atoms in total. The third-order valence-corrected chi connectivity index (χ3v) is 6.58. The number of nitrogens with one attached hydrogen (secondary N) is 2. The van der Waals surface area contributed by atoms with E-state index in [1.54, 1.807) is 7.05 Å². The minimum absolute atomic E-state index is 0.00550. The van der Waals surface area contributed by atoms with Gasteiger partial charge in [-0.2, -0.15) is 13.2 Å². The molecule has 0 saturated heterocycles. The summed E-state index contributed by atoms with van der Waals surface area (Å²) < 4.78 is 38.3. The van der Waals surface area contributed by atoms with Crippen molar-refractivity contribution in [3.8, 4) is 0 Å². The number of H-pyrrole nitrogens is 1. The monoisotopic (exact) mass is 563 g/mol. The van der Waals surface area contributed by atoms with Crippen molar-refractivity contribution in [2.45, 2.75) is 43.9 Å². The fourth-order valence-electron chi connectivity index (χ4n) is 3.42. The molecule has 2 heterocycles. The Labute approximate surface area is 217 Å². The average Bonchev–Trinajstić information content (AvgIpc) is 3.19. The highest BCUT2D eigenvalue weighted by Gasteiger charge is 2.31. The first kappa shape index (κ1) is 31.3. The Hall–Kier alpha value is -2.92. The molecule has 0 amide bonds. The van der Waals surface area contributed by atoms with Gasteiger partial charge in [-0.05, 0) is 31.2 Å². The molecule has 8 N–H and O–H groups in total. The largest absolute Gasteiger partial charge is 0.477 e. The molecular weight excluding hydrogens is 535 g/mol. The summed E-state index contributed by atoms with van der Waals surface area (Å²) in [6.07, 6.45) is -10.1. The molecule has 0 aliphatic heterocycles. The molecule has 0 bridgehead atoms. The van der Waals surface area contributed by atoms with Gasteiger partial charge in [-0.25, -0.2) is 9.78 Å². The fraction of sp³-hybridized carbons (Fsp3) is 0.435. The molecule has 1 aromatic carbocycles. The lowest BCUT2D eigenvalue weighted by Gasteiger charge is -2.25. The number of carboxylic acid groups (broad SMARTS) is 1. The zero-order chi connectivity index (χ0) is 28.8. The number of halogens is 3. The van der Waals surface area contributed by atoms with Crippen LogP contribution in [0, 0.1) is 6.92 Å². The number of thiophene rings is 1. The number of benzene rings is 1. The van der Waals surface area contributed by atoms with Gasteiger partial charge in [-0.1, -0.05) is 18.2 Å². The van der Waals surface area contributed by atoms with Crippen LogP contribution in [0.4, 0.5) is 13.2 Å². The van der Waals surface area contributed by atoms with Gasteiger partial charge in [0.1, 0.15) is 33.8 Å². The second kappa shape index (κ2) is 13.2. The molecule has 0 aliphatic carbocycles. The predicted octanol–water partition coefficient (Wildman–Crippen LogP) is 0.243. The molecule has 2 aromatic heterocycles. The highest BCUT2D eigenvalue weighted by molar-refractivity contribution is 7.20. The summed E-state index contributed by atoms with van der Waals surface area (Å²) >= 11 is 0.868. The lowest BCUT2D eigenvalue weighted by molar-refractivity contribution is -0.137. The number of aromatic amines is 1. The summed E-state index contributed by atoms with van der Waals surface area (Å²) in [6.45, 7) is 0.951. The first-order valence-electron chi connectivity index (χ1n) is 11.1. The van der Waals surface area contributed by atoms with Crippen molar-refractivity contribution >= 4 is 27.5 Å². The number of rotatable bonds is 9. The predicted molar refractivity (Wildman–Crippen MR) is 131 cm³/mol. The SMILES string of the molecule is CNC[C@H](O)[C@@H](O)[C@H](O)[C@H](O)CO.Cc1c(C(=O)O)sc2nc(Cc3cccc(C(F)(F)F)c3)[nH]c(=O)c12. The van der Waals surface area contributed by atoms with Gasteiger partial charge in [0.2, 0.25) is 0 Å². The van der Waals surface area contributed by atoms with E-state index in [9.17, 15) is 27.9 Å². The third-order valence-electron chi connectivity index (χ3n) is 5.41. The zero-order valence-electron chi connectivity index (χ0n) is 20.2. The Morgan fingerprint density at radius 3 is 2.34 bits per heavy atom. The topological polar surface area (TPSA) is 196 Å². The van der Waals surface area contributed by atoms with Crippen molar-refractivity contribution in [3.05, 3.63) is 62.0 Å². The number of aromatic nitrogens is 2. The van der Waals surface area contributed by atoms with Crippen molar-refractivity contribution in [2.24, 2.45) is 0 Å². The number of aliphatic hydroxyl groups excluding tert-OH is 5. The normalized spacial score (nSPS) is 14.9. The average molecular weight is 564 g/mol. The Bertz CT molecular complexity index is 1300. The molecule has 0 saturated carbocycles. The third kappa shape index (κ3) is 7.80. The molecule has 15 heteroatoms. The van der Waals surface area contributed by atoms with Gasteiger partial charge in [-0.15, -0.1) is 11.3 Å². The number of aryl methyl sites for hydroxylation is 1. The van der Waals surface area contributed by atoms with E-state index in [4.69, 9.17) is 25.5 Å². The van der Waals surface area contributed by atoms with E-state index in [2.05, 4.69) is 15.3 Å². The molecule has 210 valence electrons. The van der Waals surface area contributed by atoms with Crippen LogP contribution in [0.3, 0.4) is 0 Å². The zero-order valence-corrected chi connectivity index (χ0v) is 21.0. The minimum Gasteiger partial charge on any atom is -0.477 e. The standard InChI is InChI=1S/C16H11F3N2O3S.C7H17NO5/c1-7-11-13(22)20-10(21-14(11)25-12(7)15(23)24)6-8-3-2-4-9(5-8)16(17,18)19;1-8-2-4(10)6(12)7(13)5(11)3-9/h2-5H,6H2,1H3,(H,23,24)(H,20,21,22);4-13H,2-3H2,1H3/t;4-,5+,6+,7+/m.0/s1. The maximum Gasteiger partial charge on any atom is 0.416 e. The molecule has 4 atom stereocenters. The lowest BCUT2D eigenvalue weighted by atomic mass is 10.0. The number of fused-ring (bicyclic) bond motifs is 1. The summed E-state index contributed by atoms with van der Waals surface area (Å²) in [5, 5.41) is 56.8. The Kier molecular flexibility index (Phi) is 10.9. The van der Waals surface area contributed by atoms with E-state index in [1.165, 1.54) is 19.1 Å². The molecule has 3 rings (SSSR count). The van der Waals surface area contributed by atoms with Crippen LogP contribution < -0.4 is 10.9 Å². The summed E-state index contributed by atoms with van der Waals surface area (Å²) in [6, 6.07) is 4.74. The van der Waals surface area contributed by atoms with Crippen molar-refractivity contribution in [1.82, 2.24) is 15.3 Å². The van der Waals surface area contributed by atoms with E-state index >= 15 is 0 Å². The van der Waals surface area contributed by atoms with E-state index < -0.39 is 54.3 Å². The second-order valence-corrected chi connectivity index (χ2v) is 9.28. The number of likely N-dealkylation sites (N-methyl/N-ethyl adjacent to an activating group) is 1. The summed E-state index contributed by atoms with van der Waals surface area (Å²) in [5.41, 5.74) is -0.627. The summed E-state index contributed by atoms with van der Waals surface area (Å²) in [7, 11) is 1.57. The van der Waals surface area contributed by atoms with Crippen LogP contribution in [0.25, 0.3) is 10.2 Å². The van der Waals surface area contributed by atoms with Gasteiger partial charge < -0.3 is 40.9 Å². The number of aromatic carboxylic acids is 1. The highest BCUT2D eigenvalue weighted by atomic mass is 32.1. The van der Waals surface area contributed by atoms with Crippen LogP contribution in [0.2, 0.25) is 0 Å². The smallest absolute Gasteiger partial charge is 0.416 e. The maximum absolute atomic E-state index is 12.8. The van der Waals surface area contributed by atoms with E-state index in [-0.39, 0.29) is 33.9 Å². The van der Waals surface area contributed by atoms with Gasteiger partial charge in [0.05, 0.1) is 23.7 Å². The molecule has 0 fully saturated rings. The summed E-state index contributed by atoms with van der Waals surface area (Å²) in [5.74, 6) is -0.977. The van der Waals surface area contributed by atoms with Gasteiger partial charge in [0, 0.05) is 13.0 Å². The van der Waals surface area contributed by atoms with Gasteiger partial charge in [0.25, 0.3) is 5.56 Å². The fourth-order valence-corrected chi connectivity index (χ4v) is 4.46. The Morgan fingerprint density at radius 2 is 1.79 bits per heavy atom. The van der Waals surface area contributed by atoms with Crippen LogP contribution in [-0.2, 0) is 12.6 Å². The van der Waals surface area contributed by atoms with Crippen LogP contribution in [0.1, 0.15) is 32.2 Å². The van der Waals surface area contributed by atoms with Crippen LogP contribution in [-0.4, -0.2) is 91.2 Å². The Morgan fingerprint density at radius 1 is 1.16 bits per heavy atom. The molecular formula is C23H28F3N3O8S. The molecule has 3 aromatic rings. The van der Waals surface area contributed by atoms with E-state index in [1.807, 2.05) is 0 Å². The van der Waals surface area contributed by atoms with Crippen LogP contribution in [0.15, 0.2) is 29.1 Å². The quantitative estimate of drug-likeness (QED) is 0.179. The molecule has 38 heavy (non-hydrogen) atoms. The molecule has 0 radical (unpaired) electrons. The minimum atomic E-state index is -4.46.